The Morgan fingerprint density at radius 1 is 1.45 bits per heavy atom. The van der Waals surface area contributed by atoms with Crippen molar-refractivity contribution >= 4 is 11.9 Å². The highest BCUT2D eigenvalue weighted by atomic mass is 16.5. The molecule has 1 aromatic carbocycles. The van der Waals surface area contributed by atoms with Crippen LogP contribution in [0.25, 0.3) is 0 Å². The Bertz CT molecular complexity index is 528. The maximum atomic E-state index is 12.4. The van der Waals surface area contributed by atoms with Crippen LogP contribution in [0.1, 0.15) is 29.6 Å². The van der Waals surface area contributed by atoms with Gasteiger partial charge in [-0.1, -0.05) is 0 Å². The fraction of sp³-hybridized carbons (Fsp3) is 0.429. The van der Waals surface area contributed by atoms with E-state index >= 15 is 0 Å². The lowest BCUT2D eigenvalue weighted by molar-refractivity contribution is -0.137. The number of nitrogens with zero attached hydrogens (tertiary/aromatic N) is 1. The second-order valence-corrected chi connectivity index (χ2v) is 4.78. The number of carboxylic acid groups (broad SMARTS) is 1. The van der Waals surface area contributed by atoms with E-state index in [4.69, 9.17) is 9.84 Å². The standard InChI is InChI=1S/C14H17NO5/c1-20-10-4-5-12(16)11(8-10)14(19)15-6-2-3-9(15)7-13(17)18/h4-5,8-9,16H,2-3,6-7H2,1H3,(H,17,18). The monoisotopic (exact) mass is 279 g/mol. The van der Waals surface area contributed by atoms with Crippen molar-refractivity contribution in [2.24, 2.45) is 0 Å². The predicted molar refractivity (Wildman–Crippen MR) is 71.0 cm³/mol. The zero-order valence-corrected chi connectivity index (χ0v) is 11.2. The number of likely N-dealkylation sites (tertiary alicyclic amines) is 1. The number of carboxylic acids is 1. The molecule has 1 unspecified atom stereocenters. The highest BCUT2D eigenvalue weighted by molar-refractivity contribution is 5.97. The van der Waals surface area contributed by atoms with Crippen LogP contribution in [0.4, 0.5) is 0 Å². The second-order valence-electron chi connectivity index (χ2n) is 4.78. The number of amides is 1. The van der Waals surface area contributed by atoms with Gasteiger partial charge in [-0.25, -0.2) is 0 Å². The Morgan fingerprint density at radius 3 is 2.85 bits per heavy atom. The third-order valence-corrected chi connectivity index (χ3v) is 3.48. The van der Waals surface area contributed by atoms with E-state index in [0.717, 1.165) is 6.42 Å². The van der Waals surface area contributed by atoms with Crippen LogP contribution in [0, 0.1) is 0 Å². The van der Waals surface area contributed by atoms with Gasteiger partial charge in [-0.15, -0.1) is 0 Å². The van der Waals surface area contributed by atoms with E-state index in [1.165, 1.54) is 24.1 Å². The van der Waals surface area contributed by atoms with E-state index in [1.54, 1.807) is 6.07 Å². The van der Waals surface area contributed by atoms with E-state index in [2.05, 4.69) is 0 Å². The largest absolute Gasteiger partial charge is 0.507 e. The van der Waals surface area contributed by atoms with Crippen LogP contribution in [-0.2, 0) is 4.79 Å². The molecule has 2 N–H and O–H groups in total. The molecule has 0 bridgehead atoms. The molecule has 1 amide bonds. The number of hydrogen-bond donors (Lipinski definition) is 2. The van der Waals surface area contributed by atoms with E-state index in [9.17, 15) is 14.7 Å². The molecule has 1 aliphatic heterocycles. The van der Waals surface area contributed by atoms with Crippen LogP contribution in [0.3, 0.4) is 0 Å². The molecular formula is C14H17NO5. The fourth-order valence-corrected chi connectivity index (χ4v) is 2.48. The van der Waals surface area contributed by atoms with Gasteiger partial charge in [-0.2, -0.15) is 0 Å². The van der Waals surface area contributed by atoms with Crippen molar-refractivity contribution in [1.29, 1.82) is 0 Å². The van der Waals surface area contributed by atoms with Gasteiger partial charge >= 0.3 is 5.97 Å². The molecule has 1 atom stereocenters. The van der Waals surface area contributed by atoms with Crippen molar-refractivity contribution in [3.63, 3.8) is 0 Å². The smallest absolute Gasteiger partial charge is 0.305 e. The van der Waals surface area contributed by atoms with Gasteiger partial charge in [0.15, 0.2) is 0 Å². The molecule has 6 heteroatoms. The number of rotatable bonds is 4. The van der Waals surface area contributed by atoms with Crippen molar-refractivity contribution in [2.45, 2.75) is 25.3 Å². The maximum absolute atomic E-state index is 12.4. The summed E-state index contributed by atoms with van der Waals surface area (Å²) in [5.74, 6) is -0.938. The number of phenols is 1. The number of hydrogen-bond acceptors (Lipinski definition) is 4. The Kier molecular flexibility index (Phi) is 4.12. The summed E-state index contributed by atoms with van der Waals surface area (Å²) < 4.78 is 5.04. The van der Waals surface area contributed by atoms with Gasteiger partial charge in [-0.05, 0) is 31.0 Å². The molecule has 0 saturated carbocycles. The number of aliphatic carboxylic acids is 1. The molecule has 1 aromatic rings. The minimum Gasteiger partial charge on any atom is -0.507 e. The van der Waals surface area contributed by atoms with E-state index in [-0.39, 0.29) is 29.7 Å². The molecule has 1 saturated heterocycles. The van der Waals surface area contributed by atoms with Gasteiger partial charge in [0.2, 0.25) is 0 Å². The first kappa shape index (κ1) is 14.2. The predicted octanol–water partition coefficient (Wildman–Crippen LogP) is 1.48. The van der Waals surface area contributed by atoms with E-state index < -0.39 is 5.97 Å². The van der Waals surface area contributed by atoms with Gasteiger partial charge in [0.1, 0.15) is 11.5 Å². The number of methoxy groups -OCH3 is 1. The first-order valence-corrected chi connectivity index (χ1v) is 6.42. The minimum atomic E-state index is -0.926. The van der Waals surface area contributed by atoms with Crippen LogP contribution >= 0.6 is 0 Å². The molecule has 1 fully saturated rings. The van der Waals surface area contributed by atoms with Crippen LogP contribution in [0.15, 0.2) is 18.2 Å². The second kappa shape index (κ2) is 5.81. The zero-order valence-electron chi connectivity index (χ0n) is 11.2. The molecule has 2 rings (SSSR count). The van der Waals surface area contributed by atoms with Crippen molar-refractivity contribution in [3.8, 4) is 11.5 Å². The lowest BCUT2D eigenvalue weighted by Gasteiger charge is -2.24. The van der Waals surface area contributed by atoms with Crippen molar-refractivity contribution in [2.75, 3.05) is 13.7 Å². The lowest BCUT2D eigenvalue weighted by Crippen LogP contribution is -2.36. The Morgan fingerprint density at radius 2 is 2.20 bits per heavy atom. The molecule has 0 spiro atoms. The Hall–Kier alpha value is -2.24. The quantitative estimate of drug-likeness (QED) is 0.871. The highest BCUT2D eigenvalue weighted by Gasteiger charge is 2.32. The summed E-state index contributed by atoms with van der Waals surface area (Å²) in [7, 11) is 1.48. The molecule has 0 aliphatic carbocycles. The van der Waals surface area contributed by atoms with Crippen molar-refractivity contribution in [3.05, 3.63) is 23.8 Å². The molecule has 1 aliphatic rings. The number of ether oxygens (including phenoxy) is 1. The summed E-state index contributed by atoms with van der Waals surface area (Å²) in [4.78, 5) is 24.8. The average molecular weight is 279 g/mol. The first-order chi connectivity index (χ1) is 9.52. The first-order valence-electron chi connectivity index (χ1n) is 6.42. The normalized spacial score (nSPS) is 18.1. The summed E-state index contributed by atoms with van der Waals surface area (Å²) in [5, 5.41) is 18.7. The molecule has 0 aromatic heterocycles. The summed E-state index contributed by atoms with van der Waals surface area (Å²) in [5.41, 5.74) is 0.140. The SMILES string of the molecule is COc1ccc(O)c(C(=O)N2CCCC2CC(=O)O)c1. The average Bonchev–Trinajstić information content (AvgIpc) is 2.86. The third kappa shape index (κ3) is 2.84. The topological polar surface area (TPSA) is 87.1 Å². The van der Waals surface area contributed by atoms with Crippen LogP contribution in [-0.4, -0.2) is 46.7 Å². The Balaban J connectivity index is 2.24. The maximum Gasteiger partial charge on any atom is 0.305 e. The molecular weight excluding hydrogens is 262 g/mol. The number of carbonyl (C=O) groups excluding carboxylic acids is 1. The number of carbonyl (C=O) groups is 2. The Labute approximate surface area is 116 Å². The lowest BCUT2D eigenvalue weighted by atomic mass is 10.1. The summed E-state index contributed by atoms with van der Waals surface area (Å²) >= 11 is 0. The van der Waals surface area contributed by atoms with Gasteiger partial charge in [0.25, 0.3) is 5.91 Å². The zero-order chi connectivity index (χ0) is 14.7. The van der Waals surface area contributed by atoms with Gasteiger partial charge < -0.3 is 19.8 Å². The van der Waals surface area contributed by atoms with E-state index in [0.29, 0.717) is 18.7 Å². The fourth-order valence-electron chi connectivity index (χ4n) is 2.48. The summed E-state index contributed by atoms with van der Waals surface area (Å²) in [6.45, 7) is 0.507. The molecule has 6 nitrogen and oxygen atoms in total. The minimum absolute atomic E-state index is 0.0729. The number of aromatic hydroxyl groups is 1. The van der Waals surface area contributed by atoms with Crippen LogP contribution in [0.2, 0.25) is 0 Å². The van der Waals surface area contributed by atoms with Gasteiger partial charge in [-0.3, -0.25) is 9.59 Å². The van der Waals surface area contributed by atoms with E-state index in [1.807, 2.05) is 0 Å². The highest BCUT2D eigenvalue weighted by Crippen LogP contribution is 2.28. The van der Waals surface area contributed by atoms with Crippen LogP contribution in [0.5, 0.6) is 11.5 Å². The molecule has 1 heterocycles. The number of phenolic OH excluding ortho intramolecular Hbond substituents is 1. The van der Waals surface area contributed by atoms with Crippen molar-refractivity contribution in [1.82, 2.24) is 4.90 Å². The third-order valence-electron chi connectivity index (χ3n) is 3.48. The molecule has 20 heavy (non-hydrogen) atoms. The number of benzene rings is 1. The van der Waals surface area contributed by atoms with Crippen LogP contribution < -0.4 is 4.74 Å². The molecule has 0 radical (unpaired) electrons. The van der Waals surface area contributed by atoms with Crippen molar-refractivity contribution < 1.29 is 24.5 Å². The van der Waals surface area contributed by atoms with Gasteiger partial charge in [0.05, 0.1) is 19.1 Å². The summed E-state index contributed by atoms with van der Waals surface area (Å²) in [6.07, 6.45) is 1.37. The summed E-state index contributed by atoms with van der Waals surface area (Å²) in [6, 6.07) is 4.11. The molecule has 108 valence electrons. The van der Waals surface area contributed by atoms with Gasteiger partial charge in [0, 0.05) is 12.6 Å².